The van der Waals surface area contributed by atoms with Crippen molar-refractivity contribution in [3.05, 3.63) is 59.2 Å². The molecule has 2 saturated heterocycles. The van der Waals surface area contributed by atoms with Crippen molar-refractivity contribution in [2.45, 2.75) is 44.2 Å². The summed E-state index contributed by atoms with van der Waals surface area (Å²) in [5.41, 5.74) is 3.86. The third-order valence-electron chi connectivity index (χ3n) is 7.76. The Morgan fingerprint density at radius 3 is 2.73 bits per heavy atom. The van der Waals surface area contributed by atoms with Crippen LogP contribution in [0.25, 0.3) is 0 Å². The maximum Gasteiger partial charge on any atom is 0.317 e. The van der Waals surface area contributed by atoms with Gasteiger partial charge in [0, 0.05) is 43.8 Å². The van der Waals surface area contributed by atoms with Crippen molar-refractivity contribution in [2.24, 2.45) is 5.92 Å². The molecule has 3 aliphatic heterocycles. The molecular weight excluding hydrogens is 414 g/mol. The first kappa shape index (κ1) is 22.1. The molecule has 2 aromatic carbocycles. The van der Waals surface area contributed by atoms with Gasteiger partial charge in [-0.25, -0.2) is 4.79 Å². The Morgan fingerprint density at radius 2 is 1.94 bits per heavy atom. The predicted octanol–water partition coefficient (Wildman–Crippen LogP) is 4.04. The van der Waals surface area contributed by atoms with Crippen LogP contribution in [-0.2, 0) is 12.8 Å². The highest BCUT2D eigenvalue weighted by Gasteiger charge is 2.45. The molecular formula is C27H35N3O3. The Labute approximate surface area is 196 Å². The van der Waals surface area contributed by atoms with Crippen molar-refractivity contribution < 1.29 is 14.3 Å². The molecule has 0 unspecified atom stereocenters. The summed E-state index contributed by atoms with van der Waals surface area (Å²) in [5, 5.41) is 3.19. The highest BCUT2D eigenvalue weighted by molar-refractivity contribution is 5.74. The average Bonchev–Trinajstić information content (AvgIpc) is 2.86. The maximum absolute atomic E-state index is 13.2. The first-order valence-electron chi connectivity index (χ1n) is 12.3. The molecule has 0 saturated carbocycles. The lowest BCUT2D eigenvalue weighted by molar-refractivity contribution is 0.00491. The first-order valence-corrected chi connectivity index (χ1v) is 12.3. The zero-order valence-electron chi connectivity index (χ0n) is 19.8. The molecule has 2 aromatic rings. The van der Waals surface area contributed by atoms with Crippen LogP contribution in [-0.4, -0.2) is 62.3 Å². The second kappa shape index (κ2) is 9.64. The smallest absolute Gasteiger partial charge is 0.317 e. The van der Waals surface area contributed by atoms with E-state index in [4.69, 9.17) is 9.47 Å². The van der Waals surface area contributed by atoms with Crippen LogP contribution >= 0.6 is 0 Å². The van der Waals surface area contributed by atoms with Gasteiger partial charge in [0.05, 0.1) is 14.2 Å². The van der Waals surface area contributed by atoms with Gasteiger partial charge in [0.15, 0.2) is 11.5 Å². The molecule has 0 radical (unpaired) electrons. The van der Waals surface area contributed by atoms with Gasteiger partial charge in [-0.1, -0.05) is 36.4 Å². The molecule has 6 nitrogen and oxygen atoms in total. The van der Waals surface area contributed by atoms with Crippen molar-refractivity contribution in [1.82, 2.24) is 15.1 Å². The largest absolute Gasteiger partial charge is 0.493 e. The van der Waals surface area contributed by atoms with Crippen LogP contribution in [0.15, 0.2) is 42.5 Å². The number of carbonyl (C=O) groups is 1. The van der Waals surface area contributed by atoms with Gasteiger partial charge in [-0.2, -0.15) is 0 Å². The van der Waals surface area contributed by atoms with E-state index in [9.17, 15) is 4.79 Å². The number of likely N-dealkylation sites (tertiary alicyclic amines) is 1. The Hall–Kier alpha value is -2.73. The highest BCUT2D eigenvalue weighted by Crippen LogP contribution is 2.48. The number of benzene rings is 2. The van der Waals surface area contributed by atoms with Crippen LogP contribution in [0.1, 0.15) is 42.0 Å². The summed E-state index contributed by atoms with van der Waals surface area (Å²) in [6.07, 6.45) is 5.12. The SMILES string of the molecule is COc1ccc2c(c1OC)[C@H]1C[C@@H]3[C@@H](CCCN3C(=O)NCCc3ccccc3)CN1CC2. The molecule has 2 fully saturated rings. The van der Waals surface area contributed by atoms with Crippen molar-refractivity contribution in [1.29, 1.82) is 0 Å². The van der Waals surface area contributed by atoms with E-state index in [0.29, 0.717) is 12.5 Å². The second-order valence-corrected chi connectivity index (χ2v) is 9.50. The van der Waals surface area contributed by atoms with Crippen LogP contribution in [0.5, 0.6) is 11.5 Å². The van der Waals surface area contributed by atoms with Crippen molar-refractivity contribution in [3.63, 3.8) is 0 Å². The summed E-state index contributed by atoms with van der Waals surface area (Å²) >= 11 is 0. The molecule has 3 aliphatic rings. The molecule has 2 amide bonds. The molecule has 176 valence electrons. The Balaban J connectivity index is 1.33. The summed E-state index contributed by atoms with van der Waals surface area (Å²) in [6.45, 7) is 3.62. The quantitative estimate of drug-likeness (QED) is 0.749. The summed E-state index contributed by atoms with van der Waals surface area (Å²) in [5.74, 6) is 2.19. The van der Waals surface area contributed by atoms with E-state index in [1.807, 2.05) is 24.3 Å². The Bertz CT molecular complexity index is 980. The van der Waals surface area contributed by atoms with E-state index in [-0.39, 0.29) is 18.1 Å². The number of methoxy groups -OCH3 is 2. The van der Waals surface area contributed by atoms with Crippen molar-refractivity contribution in [3.8, 4) is 11.5 Å². The molecule has 3 atom stereocenters. The number of amides is 2. The lowest BCUT2D eigenvalue weighted by atomic mass is 9.76. The lowest BCUT2D eigenvalue weighted by Gasteiger charge is -2.52. The van der Waals surface area contributed by atoms with Crippen molar-refractivity contribution in [2.75, 3.05) is 40.4 Å². The van der Waals surface area contributed by atoms with E-state index < -0.39 is 0 Å². The second-order valence-electron chi connectivity index (χ2n) is 9.50. The van der Waals surface area contributed by atoms with Crippen LogP contribution in [0.3, 0.4) is 0 Å². The number of carbonyl (C=O) groups excluding carboxylic acids is 1. The molecule has 3 heterocycles. The van der Waals surface area contributed by atoms with E-state index in [2.05, 4.69) is 33.3 Å². The monoisotopic (exact) mass is 449 g/mol. The number of hydrogen-bond acceptors (Lipinski definition) is 4. The molecule has 0 aliphatic carbocycles. The van der Waals surface area contributed by atoms with E-state index in [1.165, 1.54) is 23.1 Å². The molecule has 1 N–H and O–H groups in total. The van der Waals surface area contributed by atoms with Gasteiger partial charge in [0.2, 0.25) is 0 Å². The van der Waals surface area contributed by atoms with Gasteiger partial charge in [0.1, 0.15) is 0 Å². The summed E-state index contributed by atoms with van der Waals surface area (Å²) in [6, 6.07) is 15.2. The van der Waals surface area contributed by atoms with Crippen LogP contribution in [0, 0.1) is 5.92 Å². The minimum atomic E-state index is 0.0859. The maximum atomic E-state index is 13.2. The molecule has 0 aromatic heterocycles. The minimum absolute atomic E-state index is 0.0859. The number of piperidine rings is 2. The summed E-state index contributed by atoms with van der Waals surface area (Å²) < 4.78 is 11.5. The predicted molar refractivity (Wildman–Crippen MR) is 129 cm³/mol. The molecule has 33 heavy (non-hydrogen) atoms. The standard InChI is InChI=1S/C27H35N3O3/c1-32-24-11-10-20-13-16-29-18-21-9-6-15-30(22(21)17-23(29)25(20)26(24)33-2)27(31)28-14-12-19-7-4-3-5-8-19/h3-5,7-8,10-11,21-23H,6,9,12-18H2,1-2H3,(H,28,31)/t21-,22+,23+/m0/s1. The Kier molecular flexibility index (Phi) is 6.45. The fourth-order valence-electron chi connectivity index (χ4n) is 6.17. The lowest BCUT2D eigenvalue weighted by Crippen LogP contribution is -2.59. The number of nitrogens with zero attached hydrogens (tertiary/aromatic N) is 2. The van der Waals surface area contributed by atoms with Gasteiger partial charge in [-0.3, -0.25) is 4.90 Å². The third-order valence-corrected chi connectivity index (χ3v) is 7.76. The molecule has 0 spiro atoms. The molecule has 0 bridgehead atoms. The topological polar surface area (TPSA) is 54.0 Å². The zero-order chi connectivity index (χ0) is 22.8. The van der Waals surface area contributed by atoms with E-state index in [1.54, 1.807) is 14.2 Å². The first-order chi connectivity index (χ1) is 16.2. The third kappa shape index (κ3) is 4.29. The van der Waals surface area contributed by atoms with E-state index >= 15 is 0 Å². The fraction of sp³-hybridized carbons (Fsp3) is 0.519. The molecule has 6 heteroatoms. The number of ether oxygens (including phenoxy) is 2. The number of hydrogen-bond donors (Lipinski definition) is 1. The number of nitrogens with one attached hydrogen (secondary N) is 1. The van der Waals surface area contributed by atoms with Gasteiger partial charge in [0.25, 0.3) is 0 Å². The van der Waals surface area contributed by atoms with Crippen LogP contribution < -0.4 is 14.8 Å². The normalized spacial score (nSPS) is 24.3. The number of urea groups is 1. The zero-order valence-corrected chi connectivity index (χ0v) is 19.8. The summed E-state index contributed by atoms with van der Waals surface area (Å²) in [4.78, 5) is 18.0. The summed E-state index contributed by atoms with van der Waals surface area (Å²) in [7, 11) is 3.43. The van der Waals surface area contributed by atoms with E-state index in [0.717, 1.165) is 56.8 Å². The van der Waals surface area contributed by atoms with Crippen molar-refractivity contribution >= 4 is 6.03 Å². The fourth-order valence-corrected chi connectivity index (χ4v) is 6.17. The number of fused-ring (bicyclic) bond motifs is 4. The van der Waals surface area contributed by atoms with Gasteiger partial charge in [-0.05, 0) is 55.2 Å². The minimum Gasteiger partial charge on any atom is -0.493 e. The average molecular weight is 450 g/mol. The van der Waals surface area contributed by atoms with Crippen LogP contribution in [0.2, 0.25) is 0 Å². The molecule has 5 rings (SSSR count). The van der Waals surface area contributed by atoms with Gasteiger partial charge < -0.3 is 19.7 Å². The number of rotatable bonds is 5. The van der Waals surface area contributed by atoms with Gasteiger partial charge in [-0.15, -0.1) is 0 Å². The highest BCUT2D eigenvalue weighted by atomic mass is 16.5. The Morgan fingerprint density at radius 1 is 1.09 bits per heavy atom. The van der Waals surface area contributed by atoms with Gasteiger partial charge >= 0.3 is 6.03 Å². The van der Waals surface area contributed by atoms with Crippen LogP contribution in [0.4, 0.5) is 4.79 Å².